The van der Waals surface area contributed by atoms with Crippen LogP contribution in [0.5, 0.6) is 5.75 Å². The second kappa shape index (κ2) is 6.66. The minimum atomic E-state index is -3.83. The van der Waals surface area contributed by atoms with Crippen LogP contribution in [-0.4, -0.2) is 34.0 Å². The van der Waals surface area contributed by atoms with Crippen LogP contribution in [0.2, 0.25) is 0 Å². The Balaban J connectivity index is 2.35. The zero-order valence-corrected chi connectivity index (χ0v) is 13.9. The number of nitrogens with one attached hydrogen (secondary N) is 2. The summed E-state index contributed by atoms with van der Waals surface area (Å²) in [6.07, 6.45) is 1.25. The van der Waals surface area contributed by atoms with Crippen molar-refractivity contribution in [1.29, 1.82) is 0 Å². The number of piperidine rings is 1. The summed E-state index contributed by atoms with van der Waals surface area (Å²) in [5, 5.41) is 2.67. The summed E-state index contributed by atoms with van der Waals surface area (Å²) in [5.74, 6) is 0.180. The molecule has 1 atom stereocenters. The fraction of sp³-hybridized carbons (Fsp3) is 0.533. The lowest BCUT2D eigenvalue weighted by molar-refractivity contribution is -0.124. The number of hydrogen-bond donors (Lipinski definition) is 2. The zero-order valence-electron chi connectivity index (χ0n) is 13.0. The average molecular weight is 326 g/mol. The summed E-state index contributed by atoms with van der Waals surface area (Å²) in [5.41, 5.74) is 0.897. The molecule has 1 aliphatic rings. The third kappa shape index (κ3) is 3.59. The molecule has 122 valence electrons. The Morgan fingerprint density at radius 2 is 2.09 bits per heavy atom. The Morgan fingerprint density at radius 3 is 2.68 bits per heavy atom. The van der Waals surface area contributed by atoms with Crippen LogP contribution in [0, 0.1) is 0 Å². The summed E-state index contributed by atoms with van der Waals surface area (Å²) in [6, 6.07) is 4.36. The first-order valence-electron chi connectivity index (χ1n) is 7.33. The Kier molecular flexibility index (Phi) is 5.08. The summed E-state index contributed by atoms with van der Waals surface area (Å²) in [4.78, 5) is 11.8. The molecule has 0 unspecified atom stereocenters. The van der Waals surface area contributed by atoms with Gasteiger partial charge in [-0.15, -0.1) is 0 Å². The van der Waals surface area contributed by atoms with Gasteiger partial charge in [-0.3, -0.25) is 4.79 Å². The summed E-state index contributed by atoms with van der Waals surface area (Å²) in [7, 11) is -2.40. The summed E-state index contributed by atoms with van der Waals surface area (Å²) < 4.78 is 32.9. The maximum absolute atomic E-state index is 12.6. The fourth-order valence-electron chi connectivity index (χ4n) is 2.40. The minimum absolute atomic E-state index is 0.0690. The lowest BCUT2D eigenvalue weighted by atomic mass is 10.0. The topological polar surface area (TPSA) is 84.5 Å². The lowest BCUT2D eigenvalue weighted by Gasteiger charge is -2.23. The van der Waals surface area contributed by atoms with Gasteiger partial charge in [-0.1, -0.05) is 19.9 Å². The molecule has 7 heteroatoms. The van der Waals surface area contributed by atoms with Crippen molar-refractivity contribution < 1.29 is 17.9 Å². The maximum atomic E-state index is 12.6. The molecular weight excluding hydrogens is 304 g/mol. The van der Waals surface area contributed by atoms with Crippen molar-refractivity contribution in [3.8, 4) is 5.75 Å². The number of benzene rings is 1. The minimum Gasteiger partial charge on any atom is -0.495 e. The van der Waals surface area contributed by atoms with E-state index in [1.807, 2.05) is 19.9 Å². The van der Waals surface area contributed by atoms with E-state index in [0.29, 0.717) is 13.0 Å². The molecule has 1 amide bonds. The van der Waals surface area contributed by atoms with Crippen molar-refractivity contribution in [3.63, 3.8) is 0 Å². The smallest absolute Gasteiger partial charge is 0.244 e. The second-order valence-electron chi connectivity index (χ2n) is 5.67. The van der Waals surface area contributed by atoms with Gasteiger partial charge >= 0.3 is 0 Å². The summed E-state index contributed by atoms with van der Waals surface area (Å²) >= 11 is 0. The van der Waals surface area contributed by atoms with E-state index in [0.717, 1.165) is 12.0 Å². The summed E-state index contributed by atoms with van der Waals surface area (Å²) in [6.45, 7) is 4.56. The number of ether oxygens (including phenoxy) is 1. The van der Waals surface area contributed by atoms with Gasteiger partial charge in [-0.05, 0) is 36.5 Å². The van der Waals surface area contributed by atoms with Crippen LogP contribution < -0.4 is 14.8 Å². The molecule has 0 radical (unpaired) electrons. The molecule has 2 rings (SSSR count). The van der Waals surface area contributed by atoms with Gasteiger partial charge in [0.05, 0.1) is 7.11 Å². The van der Waals surface area contributed by atoms with Crippen molar-refractivity contribution in [3.05, 3.63) is 23.8 Å². The number of sulfonamides is 1. The molecular formula is C15H22N2O4S. The first-order valence-corrected chi connectivity index (χ1v) is 8.81. The van der Waals surface area contributed by atoms with E-state index >= 15 is 0 Å². The first-order chi connectivity index (χ1) is 10.3. The standard InChI is InChI=1S/C15H22N2O4S/c1-10(2)11-6-7-13(21-3)14(9-11)22(19,20)17-12-5-4-8-16-15(12)18/h6-7,9-10,12,17H,4-5,8H2,1-3H3,(H,16,18)/t12-/m1/s1. The molecule has 0 aromatic heterocycles. The normalized spacial score (nSPS) is 19.1. The third-order valence-corrected chi connectivity index (χ3v) is 5.22. The van der Waals surface area contributed by atoms with Crippen molar-refractivity contribution in [2.24, 2.45) is 0 Å². The second-order valence-corrected chi connectivity index (χ2v) is 7.35. The van der Waals surface area contributed by atoms with E-state index in [1.165, 1.54) is 7.11 Å². The van der Waals surface area contributed by atoms with Crippen molar-refractivity contribution in [2.45, 2.75) is 43.5 Å². The highest BCUT2D eigenvalue weighted by molar-refractivity contribution is 7.89. The molecule has 1 saturated heterocycles. The molecule has 0 spiro atoms. The van der Waals surface area contributed by atoms with E-state index in [2.05, 4.69) is 10.0 Å². The van der Waals surface area contributed by atoms with Gasteiger partial charge in [0.2, 0.25) is 15.9 Å². The van der Waals surface area contributed by atoms with E-state index in [9.17, 15) is 13.2 Å². The molecule has 1 fully saturated rings. The fourth-order valence-corrected chi connectivity index (χ4v) is 3.83. The molecule has 1 heterocycles. The van der Waals surface area contributed by atoms with Crippen molar-refractivity contribution in [2.75, 3.05) is 13.7 Å². The number of amides is 1. The Hall–Kier alpha value is -1.60. The van der Waals surface area contributed by atoms with E-state index in [1.54, 1.807) is 12.1 Å². The third-order valence-electron chi connectivity index (χ3n) is 3.73. The van der Waals surface area contributed by atoms with Crippen molar-refractivity contribution >= 4 is 15.9 Å². The van der Waals surface area contributed by atoms with Gasteiger partial charge < -0.3 is 10.1 Å². The van der Waals surface area contributed by atoms with Crippen LogP contribution in [0.25, 0.3) is 0 Å². The zero-order chi connectivity index (χ0) is 16.3. The number of methoxy groups -OCH3 is 1. The highest BCUT2D eigenvalue weighted by Gasteiger charge is 2.29. The highest BCUT2D eigenvalue weighted by atomic mass is 32.2. The number of carbonyl (C=O) groups excluding carboxylic acids is 1. The number of rotatable bonds is 5. The number of carbonyl (C=O) groups is 1. The SMILES string of the molecule is COc1ccc(C(C)C)cc1S(=O)(=O)N[C@@H]1CCCNC1=O. The lowest BCUT2D eigenvalue weighted by Crippen LogP contribution is -2.50. The molecule has 1 aromatic carbocycles. The Morgan fingerprint density at radius 1 is 1.36 bits per heavy atom. The molecule has 2 N–H and O–H groups in total. The van der Waals surface area contributed by atoms with Crippen molar-refractivity contribution in [1.82, 2.24) is 10.0 Å². The van der Waals surface area contributed by atoms with E-state index in [-0.39, 0.29) is 22.5 Å². The van der Waals surface area contributed by atoms with Crippen LogP contribution in [0.3, 0.4) is 0 Å². The Labute approximate surface area is 131 Å². The molecule has 6 nitrogen and oxygen atoms in total. The van der Waals surface area contributed by atoms with Gasteiger partial charge in [0, 0.05) is 6.54 Å². The quantitative estimate of drug-likeness (QED) is 0.856. The average Bonchev–Trinajstić information content (AvgIpc) is 2.48. The van der Waals surface area contributed by atoms with Gasteiger partial charge in [0.25, 0.3) is 0 Å². The van der Waals surface area contributed by atoms with Crippen LogP contribution in [0.4, 0.5) is 0 Å². The Bertz CT molecular complexity index is 656. The first kappa shape index (κ1) is 16.8. The predicted molar refractivity (Wildman–Crippen MR) is 83.4 cm³/mol. The van der Waals surface area contributed by atoms with Gasteiger partial charge in [-0.25, -0.2) is 8.42 Å². The monoisotopic (exact) mass is 326 g/mol. The highest BCUT2D eigenvalue weighted by Crippen LogP contribution is 2.28. The van der Waals surface area contributed by atoms with E-state index < -0.39 is 16.1 Å². The number of hydrogen-bond acceptors (Lipinski definition) is 4. The maximum Gasteiger partial charge on any atom is 0.244 e. The van der Waals surface area contributed by atoms with Gasteiger partial charge in [-0.2, -0.15) is 4.72 Å². The predicted octanol–water partition coefficient (Wildman–Crippen LogP) is 1.38. The molecule has 0 saturated carbocycles. The van der Waals surface area contributed by atoms with Gasteiger partial charge in [0.15, 0.2) is 0 Å². The molecule has 1 aromatic rings. The van der Waals surface area contributed by atoms with Crippen LogP contribution in [0.15, 0.2) is 23.1 Å². The molecule has 0 bridgehead atoms. The largest absolute Gasteiger partial charge is 0.495 e. The molecule has 22 heavy (non-hydrogen) atoms. The van der Waals surface area contributed by atoms with E-state index in [4.69, 9.17) is 4.74 Å². The van der Waals surface area contributed by atoms with Crippen LogP contribution >= 0.6 is 0 Å². The molecule has 1 aliphatic heterocycles. The van der Waals surface area contributed by atoms with Crippen LogP contribution in [0.1, 0.15) is 38.2 Å². The molecule has 0 aliphatic carbocycles. The van der Waals surface area contributed by atoms with Crippen LogP contribution in [-0.2, 0) is 14.8 Å². The van der Waals surface area contributed by atoms with Gasteiger partial charge in [0.1, 0.15) is 16.7 Å².